The number of hydrogen-bond donors (Lipinski definition) is 2. The molecule has 2 rings (SSSR count). The van der Waals surface area contributed by atoms with Gasteiger partial charge in [0, 0.05) is 17.6 Å². The van der Waals surface area contributed by atoms with Crippen LogP contribution in [0.5, 0.6) is 5.75 Å². The molecule has 0 aromatic heterocycles. The van der Waals surface area contributed by atoms with Crippen molar-refractivity contribution in [1.29, 1.82) is 0 Å². The topological polar surface area (TPSA) is 64.4 Å². The maximum absolute atomic E-state index is 12.1. The van der Waals surface area contributed by atoms with Crippen molar-refractivity contribution < 1.29 is 18.3 Å². The lowest BCUT2D eigenvalue weighted by molar-refractivity contribution is -0.117. The van der Waals surface area contributed by atoms with Crippen LogP contribution in [-0.2, 0) is 4.79 Å². The predicted molar refractivity (Wildman–Crippen MR) is 76.7 cm³/mol. The number of halogens is 3. The Labute approximate surface area is 126 Å². The summed E-state index contributed by atoms with van der Waals surface area (Å²) >= 11 is 5.82. The number of carbonyl (C=O) groups is 1. The van der Waals surface area contributed by atoms with Gasteiger partial charge in [-0.15, -0.1) is 0 Å². The van der Waals surface area contributed by atoms with Gasteiger partial charge in [-0.1, -0.05) is 24.4 Å². The molecule has 1 amide bonds. The average molecular weight is 319 g/mol. The van der Waals surface area contributed by atoms with Gasteiger partial charge in [0.05, 0.1) is 5.02 Å². The molecule has 3 N–H and O–H groups in total. The lowest BCUT2D eigenvalue weighted by Gasteiger charge is -2.22. The van der Waals surface area contributed by atoms with Crippen molar-refractivity contribution in [3.05, 3.63) is 23.2 Å². The summed E-state index contributed by atoms with van der Waals surface area (Å²) in [7, 11) is 0. The Morgan fingerprint density at radius 3 is 2.67 bits per heavy atom. The summed E-state index contributed by atoms with van der Waals surface area (Å²) in [5.74, 6) is -0.339. The second kappa shape index (κ2) is 6.58. The molecule has 0 radical (unpaired) electrons. The molecule has 0 bridgehead atoms. The Bertz CT molecular complexity index is 520. The normalized spacial score (nSPS) is 17.0. The van der Waals surface area contributed by atoms with Gasteiger partial charge in [0.1, 0.15) is 5.75 Å². The Hall–Kier alpha value is -1.40. The number of nitrogens with one attached hydrogen (secondary N) is 1. The number of anilines is 1. The minimum atomic E-state index is -2.94. The SMILES string of the molecule is NC1(CC(=O)Nc2ccc(OC(F)F)c(Cl)c2)CCCC1. The highest BCUT2D eigenvalue weighted by atomic mass is 35.5. The number of amides is 1. The molecule has 4 nitrogen and oxygen atoms in total. The third-order valence-electron chi connectivity index (χ3n) is 3.54. The van der Waals surface area contributed by atoms with E-state index < -0.39 is 12.2 Å². The summed E-state index contributed by atoms with van der Waals surface area (Å²) in [5.41, 5.74) is 6.12. The summed E-state index contributed by atoms with van der Waals surface area (Å²) in [6, 6.07) is 4.12. The van der Waals surface area contributed by atoms with Crippen LogP contribution in [0.1, 0.15) is 32.1 Å². The smallest absolute Gasteiger partial charge is 0.387 e. The van der Waals surface area contributed by atoms with Gasteiger partial charge < -0.3 is 15.8 Å². The van der Waals surface area contributed by atoms with Crippen LogP contribution in [0.15, 0.2) is 18.2 Å². The van der Waals surface area contributed by atoms with Crippen molar-refractivity contribution in [2.75, 3.05) is 5.32 Å². The van der Waals surface area contributed by atoms with E-state index in [9.17, 15) is 13.6 Å². The van der Waals surface area contributed by atoms with Gasteiger partial charge in [-0.25, -0.2) is 0 Å². The lowest BCUT2D eigenvalue weighted by Crippen LogP contribution is -2.40. The van der Waals surface area contributed by atoms with E-state index in [0.29, 0.717) is 5.69 Å². The second-order valence-electron chi connectivity index (χ2n) is 5.32. The third kappa shape index (κ3) is 4.54. The van der Waals surface area contributed by atoms with Crippen molar-refractivity contribution >= 4 is 23.2 Å². The highest BCUT2D eigenvalue weighted by Crippen LogP contribution is 2.31. The van der Waals surface area contributed by atoms with Crippen LogP contribution in [0.3, 0.4) is 0 Å². The summed E-state index contributed by atoms with van der Waals surface area (Å²) in [6.45, 7) is -2.94. The third-order valence-corrected chi connectivity index (χ3v) is 3.84. The average Bonchev–Trinajstić information content (AvgIpc) is 2.78. The van der Waals surface area contributed by atoms with Crippen molar-refractivity contribution in [3.8, 4) is 5.75 Å². The molecule has 0 heterocycles. The van der Waals surface area contributed by atoms with E-state index in [1.165, 1.54) is 18.2 Å². The van der Waals surface area contributed by atoms with Gasteiger partial charge >= 0.3 is 6.61 Å². The monoisotopic (exact) mass is 318 g/mol. The fourth-order valence-electron chi connectivity index (χ4n) is 2.55. The molecule has 0 spiro atoms. The van der Waals surface area contributed by atoms with Crippen LogP contribution in [0.2, 0.25) is 5.02 Å². The zero-order valence-electron chi connectivity index (χ0n) is 11.4. The molecule has 0 saturated heterocycles. The van der Waals surface area contributed by atoms with Gasteiger partial charge in [0.15, 0.2) is 0 Å². The number of alkyl halides is 2. The fourth-order valence-corrected chi connectivity index (χ4v) is 2.78. The second-order valence-corrected chi connectivity index (χ2v) is 5.73. The number of ether oxygens (including phenoxy) is 1. The first-order valence-corrected chi connectivity index (χ1v) is 7.09. The van der Waals surface area contributed by atoms with Crippen LogP contribution in [0, 0.1) is 0 Å². The van der Waals surface area contributed by atoms with Crippen LogP contribution in [0.4, 0.5) is 14.5 Å². The molecule has 0 unspecified atom stereocenters. The van der Waals surface area contributed by atoms with Gasteiger partial charge in [-0.3, -0.25) is 4.79 Å². The molecule has 1 aliphatic rings. The molecular weight excluding hydrogens is 302 g/mol. The van der Waals surface area contributed by atoms with E-state index >= 15 is 0 Å². The van der Waals surface area contributed by atoms with Crippen molar-refractivity contribution in [3.63, 3.8) is 0 Å². The van der Waals surface area contributed by atoms with Gasteiger partial charge in [0.25, 0.3) is 0 Å². The quantitative estimate of drug-likeness (QED) is 0.872. The zero-order chi connectivity index (χ0) is 15.5. The molecule has 1 saturated carbocycles. The molecule has 1 aliphatic carbocycles. The summed E-state index contributed by atoms with van der Waals surface area (Å²) < 4.78 is 28.5. The van der Waals surface area contributed by atoms with Crippen LogP contribution in [-0.4, -0.2) is 18.1 Å². The molecule has 21 heavy (non-hydrogen) atoms. The number of nitrogens with two attached hydrogens (primary N) is 1. The number of hydrogen-bond acceptors (Lipinski definition) is 3. The molecule has 7 heteroatoms. The van der Waals surface area contributed by atoms with Crippen LogP contribution < -0.4 is 15.8 Å². The minimum Gasteiger partial charge on any atom is -0.433 e. The zero-order valence-corrected chi connectivity index (χ0v) is 12.1. The van der Waals surface area contributed by atoms with Crippen molar-refractivity contribution in [1.82, 2.24) is 0 Å². The number of benzene rings is 1. The molecular formula is C14H17ClF2N2O2. The molecule has 116 valence electrons. The van der Waals surface area contributed by atoms with Crippen molar-refractivity contribution in [2.24, 2.45) is 5.73 Å². The van der Waals surface area contributed by atoms with E-state index in [4.69, 9.17) is 17.3 Å². The standard InChI is InChI=1S/C14H17ClF2N2O2/c15-10-7-9(3-4-11(10)21-13(16)17)19-12(20)8-14(18)5-1-2-6-14/h3-4,7,13H,1-2,5-6,8,18H2,(H,19,20). The molecule has 1 aromatic carbocycles. The maximum atomic E-state index is 12.1. The Kier molecular flexibility index (Phi) is 5.00. The van der Waals surface area contributed by atoms with E-state index in [1.807, 2.05) is 0 Å². The summed E-state index contributed by atoms with van der Waals surface area (Å²) in [6.07, 6.45) is 3.98. The number of carbonyl (C=O) groups excluding carboxylic acids is 1. The van der Waals surface area contributed by atoms with Crippen LogP contribution >= 0.6 is 11.6 Å². The largest absolute Gasteiger partial charge is 0.433 e. The van der Waals surface area contributed by atoms with Crippen LogP contribution in [0.25, 0.3) is 0 Å². The Morgan fingerprint density at radius 1 is 1.43 bits per heavy atom. The van der Waals surface area contributed by atoms with E-state index in [1.54, 1.807) is 0 Å². The highest BCUT2D eigenvalue weighted by Gasteiger charge is 2.31. The van der Waals surface area contributed by atoms with Gasteiger partial charge in [-0.05, 0) is 31.0 Å². The Morgan fingerprint density at radius 2 is 2.10 bits per heavy atom. The first-order chi connectivity index (χ1) is 9.88. The highest BCUT2D eigenvalue weighted by molar-refractivity contribution is 6.32. The summed E-state index contributed by atoms with van der Waals surface area (Å²) in [5, 5.41) is 2.68. The molecule has 1 aromatic rings. The molecule has 0 aliphatic heterocycles. The predicted octanol–water partition coefficient (Wildman–Crippen LogP) is 3.54. The maximum Gasteiger partial charge on any atom is 0.387 e. The van der Waals surface area contributed by atoms with Gasteiger partial charge in [-0.2, -0.15) is 8.78 Å². The first kappa shape index (κ1) is 16.0. The number of rotatable bonds is 5. The van der Waals surface area contributed by atoms with E-state index in [-0.39, 0.29) is 23.1 Å². The fraction of sp³-hybridized carbons (Fsp3) is 0.500. The van der Waals surface area contributed by atoms with Crippen molar-refractivity contribution in [2.45, 2.75) is 44.3 Å². The lowest BCUT2D eigenvalue weighted by atomic mass is 9.94. The van der Waals surface area contributed by atoms with E-state index in [0.717, 1.165) is 25.7 Å². The van der Waals surface area contributed by atoms with Gasteiger partial charge in [0.2, 0.25) is 5.91 Å². The minimum absolute atomic E-state index is 0.0106. The van der Waals surface area contributed by atoms with E-state index in [2.05, 4.69) is 10.1 Å². The Balaban J connectivity index is 1.96. The summed E-state index contributed by atoms with van der Waals surface area (Å²) in [4.78, 5) is 12.0. The molecule has 0 atom stereocenters. The molecule has 1 fully saturated rings. The first-order valence-electron chi connectivity index (χ1n) is 6.71.